The molecular weight excluding hydrogens is 412 g/mol. The van der Waals surface area contributed by atoms with Gasteiger partial charge in [-0.05, 0) is 41.7 Å². The van der Waals surface area contributed by atoms with Crippen LogP contribution >= 0.6 is 11.3 Å². The molecule has 0 bridgehead atoms. The maximum atomic E-state index is 12.1. The van der Waals surface area contributed by atoms with Gasteiger partial charge in [-0.1, -0.05) is 32.9 Å². The average Bonchev–Trinajstić information content (AvgIpc) is 3.07. The lowest BCUT2D eigenvalue weighted by molar-refractivity contribution is -0.119. The molecule has 7 nitrogen and oxygen atoms in total. The number of hydrogen-bond donors (Lipinski definition) is 2. The molecule has 29 heavy (non-hydrogen) atoms. The highest BCUT2D eigenvalue weighted by atomic mass is 32.2. The summed E-state index contributed by atoms with van der Waals surface area (Å²) in [7, 11) is -3.24. The first-order valence-corrected chi connectivity index (χ1v) is 11.8. The van der Waals surface area contributed by atoms with Crippen LogP contribution in [0.5, 0.6) is 0 Å². The standard InChI is InChI=1S/C20H26N2O5S2/c1-20(2,3)14-5-7-15(8-6-14)22-18(23)13-27-19(24)17-10-9-16(28-17)11-12-21-29(4,25)26/h5-10,21H,11-13H2,1-4H3,(H,22,23). The van der Waals surface area contributed by atoms with E-state index in [1.807, 2.05) is 24.3 Å². The van der Waals surface area contributed by atoms with E-state index < -0.39 is 21.9 Å². The molecular formula is C20H26N2O5S2. The topological polar surface area (TPSA) is 102 Å². The van der Waals surface area contributed by atoms with Gasteiger partial charge in [0.2, 0.25) is 10.0 Å². The van der Waals surface area contributed by atoms with Gasteiger partial charge in [-0.3, -0.25) is 4.79 Å². The Labute approximate surface area is 175 Å². The van der Waals surface area contributed by atoms with Crippen LogP contribution in [0.25, 0.3) is 0 Å². The highest BCUT2D eigenvalue weighted by Crippen LogP contribution is 2.23. The normalized spacial score (nSPS) is 11.9. The van der Waals surface area contributed by atoms with Gasteiger partial charge in [0, 0.05) is 17.1 Å². The summed E-state index contributed by atoms with van der Waals surface area (Å²) in [6, 6.07) is 10.9. The van der Waals surface area contributed by atoms with Crippen LogP contribution in [-0.2, 0) is 31.4 Å². The molecule has 0 fully saturated rings. The van der Waals surface area contributed by atoms with Gasteiger partial charge < -0.3 is 10.1 Å². The van der Waals surface area contributed by atoms with Crippen molar-refractivity contribution >= 4 is 38.9 Å². The summed E-state index contributed by atoms with van der Waals surface area (Å²) in [5, 5.41) is 2.70. The number of esters is 1. The van der Waals surface area contributed by atoms with Crippen LogP contribution in [0, 0.1) is 0 Å². The third kappa shape index (κ3) is 7.96. The third-order valence-electron chi connectivity index (χ3n) is 3.97. The van der Waals surface area contributed by atoms with Gasteiger partial charge in [-0.2, -0.15) is 0 Å². The minimum atomic E-state index is -3.24. The van der Waals surface area contributed by atoms with E-state index in [1.54, 1.807) is 12.1 Å². The first kappa shape index (κ1) is 23.1. The minimum absolute atomic E-state index is 0.0263. The van der Waals surface area contributed by atoms with Crippen molar-refractivity contribution in [3.05, 3.63) is 51.7 Å². The second kappa shape index (κ2) is 9.51. The molecule has 0 aliphatic carbocycles. The molecule has 2 N–H and O–H groups in total. The Morgan fingerprint density at radius 1 is 1.07 bits per heavy atom. The largest absolute Gasteiger partial charge is 0.451 e. The van der Waals surface area contributed by atoms with Gasteiger partial charge in [0.15, 0.2) is 6.61 Å². The lowest BCUT2D eigenvalue weighted by atomic mass is 9.87. The molecule has 2 aromatic rings. The van der Waals surface area contributed by atoms with E-state index in [9.17, 15) is 18.0 Å². The van der Waals surface area contributed by atoms with Crippen molar-refractivity contribution in [1.82, 2.24) is 4.72 Å². The van der Waals surface area contributed by atoms with E-state index >= 15 is 0 Å². The Balaban J connectivity index is 1.80. The molecule has 0 radical (unpaired) electrons. The molecule has 1 amide bonds. The number of amides is 1. The van der Waals surface area contributed by atoms with Crippen LogP contribution in [-0.4, -0.2) is 39.7 Å². The number of carbonyl (C=O) groups excluding carboxylic acids is 2. The Hall–Kier alpha value is -2.23. The van der Waals surface area contributed by atoms with E-state index in [2.05, 4.69) is 30.8 Å². The highest BCUT2D eigenvalue weighted by molar-refractivity contribution is 7.88. The van der Waals surface area contributed by atoms with Gasteiger partial charge in [0.25, 0.3) is 5.91 Å². The molecule has 1 heterocycles. The van der Waals surface area contributed by atoms with Crippen LogP contribution in [0.15, 0.2) is 36.4 Å². The first-order valence-electron chi connectivity index (χ1n) is 9.05. The number of rotatable bonds is 8. The number of nitrogens with one attached hydrogen (secondary N) is 2. The fourth-order valence-electron chi connectivity index (χ4n) is 2.43. The lowest BCUT2D eigenvalue weighted by Crippen LogP contribution is -2.24. The summed E-state index contributed by atoms with van der Waals surface area (Å²) in [5.41, 5.74) is 1.82. The van der Waals surface area contributed by atoms with Crippen molar-refractivity contribution in [3.63, 3.8) is 0 Å². The molecule has 0 saturated heterocycles. The predicted octanol–water partition coefficient (Wildman–Crippen LogP) is 2.93. The van der Waals surface area contributed by atoms with Gasteiger partial charge in [-0.15, -0.1) is 11.3 Å². The molecule has 1 aromatic carbocycles. The number of ether oxygens (including phenoxy) is 1. The Morgan fingerprint density at radius 2 is 1.72 bits per heavy atom. The molecule has 2 rings (SSSR count). The molecule has 1 aromatic heterocycles. The van der Waals surface area contributed by atoms with Crippen LogP contribution in [0.3, 0.4) is 0 Å². The van der Waals surface area contributed by atoms with E-state index in [0.29, 0.717) is 17.0 Å². The summed E-state index contributed by atoms with van der Waals surface area (Å²) in [5.74, 6) is -1.01. The van der Waals surface area contributed by atoms with Gasteiger partial charge >= 0.3 is 5.97 Å². The average molecular weight is 439 g/mol. The molecule has 0 aliphatic rings. The third-order valence-corrected chi connectivity index (χ3v) is 5.82. The zero-order valence-electron chi connectivity index (χ0n) is 16.9. The van der Waals surface area contributed by atoms with Gasteiger partial charge in [0.1, 0.15) is 4.88 Å². The SMILES string of the molecule is CC(C)(C)c1ccc(NC(=O)COC(=O)c2ccc(CCNS(C)(=O)=O)s2)cc1. The zero-order chi connectivity index (χ0) is 21.7. The summed E-state index contributed by atoms with van der Waals surface area (Å²) >= 11 is 1.21. The van der Waals surface area contributed by atoms with E-state index in [-0.39, 0.29) is 18.6 Å². The highest BCUT2D eigenvalue weighted by Gasteiger charge is 2.15. The van der Waals surface area contributed by atoms with Crippen LogP contribution < -0.4 is 10.0 Å². The lowest BCUT2D eigenvalue weighted by Gasteiger charge is -2.19. The zero-order valence-corrected chi connectivity index (χ0v) is 18.6. The Bertz CT molecular complexity index is 958. The van der Waals surface area contributed by atoms with E-state index in [1.165, 1.54) is 11.3 Å². The maximum absolute atomic E-state index is 12.1. The molecule has 0 spiro atoms. The fraction of sp³-hybridized carbons (Fsp3) is 0.400. The second-order valence-corrected chi connectivity index (χ2v) is 10.6. The maximum Gasteiger partial charge on any atom is 0.348 e. The quantitative estimate of drug-likeness (QED) is 0.617. The molecule has 158 valence electrons. The Kier molecular flexibility index (Phi) is 7.56. The second-order valence-electron chi connectivity index (χ2n) is 7.63. The van der Waals surface area contributed by atoms with Crippen LogP contribution in [0.2, 0.25) is 0 Å². The number of carbonyl (C=O) groups is 2. The molecule has 0 saturated carbocycles. The van der Waals surface area contributed by atoms with Crippen molar-refractivity contribution in [1.29, 1.82) is 0 Å². The summed E-state index contributed by atoms with van der Waals surface area (Å²) in [6.45, 7) is 6.20. The Morgan fingerprint density at radius 3 is 2.31 bits per heavy atom. The van der Waals surface area contributed by atoms with Crippen molar-refractivity contribution in [2.24, 2.45) is 0 Å². The number of thiophene rings is 1. The molecule has 9 heteroatoms. The smallest absolute Gasteiger partial charge is 0.348 e. The van der Waals surface area contributed by atoms with Gasteiger partial charge in [0.05, 0.1) is 6.26 Å². The summed E-state index contributed by atoms with van der Waals surface area (Å²) in [6.07, 6.45) is 1.56. The molecule has 0 unspecified atom stereocenters. The monoisotopic (exact) mass is 438 g/mol. The number of sulfonamides is 1. The van der Waals surface area contributed by atoms with Crippen molar-refractivity contribution in [2.45, 2.75) is 32.6 Å². The van der Waals surface area contributed by atoms with E-state index in [4.69, 9.17) is 4.74 Å². The first-order chi connectivity index (χ1) is 13.4. The number of hydrogen-bond acceptors (Lipinski definition) is 6. The summed E-state index contributed by atoms with van der Waals surface area (Å²) in [4.78, 5) is 25.3. The molecule has 0 atom stereocenters. The predicted molar refractivity (Wildman–Crippen MR) is 115 cm³/mol. The fourth-order valence-corrected chi connectivity index (χ4v) is 3.81. The minimum Gasteiger partial charge on any atom is -0.451 e. The van der Waals surface area contributed by atoms with Crippen molar-refractivity contribution < 1.29 is 22.7 Å². The van der Waals surface area contributed by atoms with Crippen molar-refractivity contribution in [2.75, 3.05) is 24.7 Å². The van der Waals surface area contributed by atoms with E-state index in [0.717, 1.165) is 16.7 Å². The number of benzene rings is 1. The van der Waals surface area contributed by atoms with Gasteiger partial charge in [-0.25, -0.2) is 17.9 Å². The summed E-state index contributed by atoms with van der Waals surface area (Å²) < 4.78 is 29.6. The number of anilines is 1. The van der Waals surface area contributed by atoms with Crippen LogP contribution in [0.1, 0.15) is 40.9 Å². The molecule has 0 aliphatic heterocycles. The van der Waals surface area contributed by atoms with Crippen LogP contribution in [0.4, 0.5) is 5.69 Å². The van der Waals surface area contributed by atoms with Crippen molar-refractivity contribution in [3.8, 4) is 0 Å².